The molecule has 0 aromatic heterocycles. The second-order valence-corrected chi connectivity index (χ2v) is 7.81. The highest BCUT2D eigenvalue weighted by Gasteiger charge is 2.31. The van der Waals surface area contributed by atoms with E-state index in [1.54, 1.807) is 0 Å². The Morgan fingerprint density at radius 1 is 0.944 bits per heavy atom. The van der Waals surface area contributed by atoms with Crippen LogP contribution in [0.4, 0.5) is 35.0 Å². The van der Waals surface area contributed by atoms with Gasteiger partial charge in [0, 0.05) is 17.3 Å². The van der Waals surface area contributed by atoms with Crippen LogP contribution in [0.25, 0.3) is 0 Å². The zero-order valence-electron chi connectivity index (χ0n) is 18.7. The normalized spacial score (nSPS) is 10.9. The largest absolute Gasteiger partial charge is 0.573 e. The molecule has 8 nitrogen and oxygen atoms in total. The maximum absolute atomic E-state index is 12.7. The number of halogens is 4. The van der Waals surface area contributed by atoms with Crippen molar-refractivity contribution in [2.45, 2.75) is 6.36 Å². The molecule has 2 N–H and O–H groups in total. The van der Waals surface area contributed by atoms with Gasteiger partial charge in [-0.1, -0.05) is 30.5 Å². The highest BCUT2D eigenvalue weighted by molar-refractivity contribution is 7.82. The van der Waals surface area contributed by atoms with Crippen molar-refractivity contribution in [3.8, 4) is 17.2 Å². The van der Waals surface area contributed by atoms with Crippen molar-refractivity contribution in [3.63, 3.8) is 0 Å². The lowest BCUT2D eigenvalue weighted by Crippen LogP contribution is -2.27. The van der Waals surface area contributed by atoms with Gasteiger partial charge in [0.15, 0.2) is 0 Å². The number of nitrogens with zero attached hydrogens (tertiary/aromatic N) is 1. The van der Waals surface area contributed by atoms with Gasteiger partial charge in [-0.3, -0.25) is 4.79 Å². The first-order valence-electron chi connectivity index (χ1n) is 9.99. The minimum atomic E-state index is -4.87. The Morgan fingerprint density at radius 3 is 2.22 bits per heavy atom. The van der Waals surface area contributed by atoms with E-state index in [1.165, 1.54) is 62.8 Å². The number of nitrogens with one attached hydrogen (secondary N) is 2. The van der Waals surface area contributed by atoms with Gasteiger partial charge in [0.2, 0.25) is 0 Å². The number of benzene rings is 3. The average Bonchev–Trinajstić information content (AvgIpc) is 2.83. The van der Waals surface area contributed by atoms with Gasteiger partial charge in [0.25, 0.3) is 5.91 Å². The summed E-state index contributed by atoms with van der Waals surface area (Å²) >= 11 is 10.3. The molecular formula is C23H19ClF3N3O5S. The number of thiol groups is 1. The van der Waals surface area contributed by atoms with E-state index < -0.39 is 24.1 Å². The Labute approximate surface area is 214 Å². The molecule has 0 saturated carbocycles. The number of ether oxygens (including phenoxy) is 3. The molecule has 0 unspecified atom stereocenters. The molecule has 0 aliphatic heterocycles. The number of carbonyl (C=O) groups is 2. The summed E-state index contributed by atoms with van der Waals surface area (Å²) in [6.07, 6.45) is -4.87. The lowest BCUT2D eigenvalue weighted by molar-refractivity contribution is -0.274. The van der Waals surface area contributed by atoms with Crippen LogP contribution in [0.3, 0.4) is 0 Å². The summed E-state index contributed by atoms with van der Waals surface area (Å²) in [4.78, 5) is 25.1. The number of urea groups is 1. The Balaban J connectivity index is 1.67. The molecule has 3 rings (SSSR count). The van der Waals surface area contributed by atoms with Gasteiger partial charge in [-0.25, -0.2) is 9.10 Å². The predicted octanol–water partition coefficient (Wildman–Crippen LogP) is 6.39. The van der Waals surface area contributed by atoms with Crippen molar-refractivity contribution < 1.29 is 37.0 Å². The molecule has 0 saturated heterocycles. The number of carbonyl (C=O) groups excluding carboxylic acids is 2. The topological polar surface area (TPSA) is 89.1 Å². The molecule has 0 fully saturated rings. The molecule has 3 aromatic carbocycles. The molecule has 3 amide bonds. The summed E-state index contributed by atoms with van der Waals surface area (Å²) in [6, 6.07) is 13.0. The van der Waals surface area contributed by atoms with E-state index >= 15 is 0 Å². The third-order valence-corrected chi connectivity index (χ3v) is 5.32. The number of anilines is 3. The lowest BCUT2D eigenvalue weighted by Gasteiger charge is -2.19. The van der Waals surface area contributed by atoms with Gasteiger partial charge in [-0.15, -0.1) is 13.2 Å². The molecule has 0 aliphatic rings. The number of hydrogen-bond acceptors (Lipinski definition) is 6. The van der Waals surface area contributed by atoms with E-state index in [4.69, 9.17) is 21.1 Å². The molecule has 0 heterocycles. The summed E-state index contributed by atoms with van der Waals surface area (Å²) in [6.45, 7) is 0. The van der Waals surface area contributed by atoms with Crippen LogP contribution >= 0.6 is 24.4 Å². The first-order valence-corrected chi connectivity index (χ1v) is 10.8. The van der Waals surface area contributed by atoms with Gasteiger partial charge < -0.3 is 24.8 Å². The van der Waals surface area contributed by atoms with Crippen LogP contribution in [0, 0.1) is 0 Å². The van der Waals surface area contributed by atoms with Crippen LogP contribution in [-0.2, 0) is 0 Å². The number of hydrogen-bond donors (Lipinski definition) is 3. The molecule has 13 heteroatoms. The zero-order valence-corrected chi connectivity index (χ0v) is 20.4. The molecule has 0 atom stereocenters. The molecule has 190 valence electrons. The van der Waals surface area contributed by atoms with Crippen LogP contribution in [-0.4, -0.2) is 32.5 Å². The van der Waals surface area contributed by atoms with Gasteiger partial charge in [-0.2, -0.15) is 0 Å². The Hall–Kier alpha value is -3.77. The molecule has 0 bridgehead atoms. The SMILES string of the molecule is COc1cc(OC)c(NC(=O)N(S)c2ccc(NC(=O)c3cccc(OC(F)(F)F)c3)cc2)cc1Cl. The fourth-order valence-corrected chi connectivity index (χ4v) is 3.39. The minimum Gasteiger partial charge on any atom is -0.495 e. The van der Waals surface area contributed by atoms with Crippen LogP contribution in [0.2, 0.25) is 5.02 Å². The van der Waals surface area contributed by atoms with E-state index in [0.29, 0.717) is 22.9 Å². The lowest BCUT2D eigenvalue weighted by atomic mass is 10.2. The van der Waals surface area contributed by atoms with Crippen LogP contribution in [0.1, 0.15) is 10.4 Å². The third kappa shape index (κ3) is 6.89. The quantitative estimate of drug-likeness (QED) is 0.302. The number of rotatable bonds is 7. The Bertz CT molecular complexity index is 1260. The van der Waals surface area contributed by atoms with Crippen molar-refractivity contribution in [2.75, 3.05) is 29.2 Å². The predicted molar refractivity (Wildman–Crippen MR) is 133 cm³/mol. The average molecular weight is 542 g/mol. The van der Waals surface area contributed by atoms with Crippen LogP contribution < -0.4 is 29.1 Å². The molecule has 0 spiro atoms. The second-order valence-electron chi connectivity index (χ2n) is 7.01. The summed E-state index contributed by atoms with van der Waals surface area (Å²) in [5.41, 5.74) is 0.931. The van der Waals surface area contributed by atoms with Crippen molar-refractivity contribution in [3.05, 3.63) is 71.2 Å². The maximum Gasteiger partial charge on any atom is 0.573 e. The monoisotopic (exact) mass is 541 g/mol. The van der Waals surface area contributed by atoms with Gasteiger partial charge in [-0.05, 0) is 48.5 Å². The number of alkyl halides is 3. The van der Waals surface area contributed by atoms with E-state index in [-0.39, 0.29) is 16.3 Å². The molecule has 0 radical (unpaired) electrons. The van der Waals surface area contributed by atoms with Crippen molar-refractivity contribution in [1.29, 1.82) is 0 Å². The van der Waals surface area contributed by atoms with E-state index in [1.807, 2.05) is 0 Å². The highest BCUT2D eigenvalue weighted by Crippen LogP contribution is 2.36. The van der Waals surface area contributed by atoms with Crippen molar-refractivity contribution in [1.82, 2.24) is 0 Å². The smallest absolute Gasteiger partial charge is 0.495 e. The minimum absolute atomic E-state index is 0.0388. The standard InChI is InChI=1S/C23H19ClF3N3O5S/c1-33-19-12-20(34-2)18(11-17(19)24)29-22(32)30(36)15-8-6-14(7-9-15)28-21(31)13-4-3-5-16(10-13)35-23(25,26)27/h3-12,36H,1-2H3,(H,28,31)(H,29,32). The Kier molecular flexibility index (Phi) is 8.43. The first-order chi connectivity index (χ1) is 17.0. The number of methoxy groups -OCH3 is 2. The van der Waals surface area contributed by atoms with Gasteiger partial charge in [0.1, 0.15) is 17.2 Å². The van der Waals surface area contributed by atoms with Crippen molar-refractivity contribution in [2.24, 2.45) is 0 Å². The maximum atomic E-state index is 12.7. The van der Waals surface area contributed by atoms with Gasteiger partial charge >= 0.3 is 12.4 Å². The molecule has 36 heavy (non-hydrogen) atoms. The van der Waals surface area contributed by atoms with E-state index in [2.05, 4.69) is 28.2 Å². The molecule has 0 aliphatic carbocycles. The first kappa shape index (κ1) is 26.8. The zero-order chi connectivity index (χ0) is 26.5. The van der Waals surface area contributed by atoms with Gasteiger partial charge in [0.05, 0.1) is 30.6 Å². The fourth-order valence-electron chi connectivity index (χ4n) is 2.97. The fraction of sp³-hybridized carbons (Fsp3) is 0.130. The summed E-state index contributed by atoms with van der Waals surface area (Å²) in [7, 11) is 2.86. The van der Waals surface area contributed by atoms with Crippen LogP contribution in [0.15, 0.2) is 60.7 Å². The highest BCUT2D eigenvalue weighted by atomic mass is 35.5. The summed E-state index contributed by atoms with van der Waals surface area (Å²) < 4.78 is 52.4. The molecular weight excluding hydrogens is 523 g/mol. The molecule has 3 aromatic rings. The van der Waals surface area contributed by atoms with Crippen LogP contribution in [0.5, 0.6) is 17.2 Å². The Morgan fingerprint density at radius 2 is 1.61 bits per heavy atom. The van der Waals surface area contributed by atoms with Crippen molar-refractivity contribution >= 4 is 53.4 Å². The summed E-state index contributed by atoms with van der Waals surface area (Å²) in [5.74, 6) is -0.489. The second kappa shape index (κ2) is 11.3. The third-order valence-electron chi connectivity index (χ3n) is 4.61. The van der Waals surface area contributed by atoms with E-state index in [0.717, 1.165) is 16.4 Å². The van der Waals surface area contributed by atoms with E-state index in [9.17, 15) is 22.8 Å². The summed E-state index contributed by atoms with van der Waals surface area (Å²) in [5, 5.41) is 5.44. The number of amides is 3.